The first kappa shape index (κ1) is 14.3. The van der Waals surface area contributed by atoms with Crippen LogP contribution in [-0.4, -0.2) is 50.3 Å². The first-order valence-electron chi connectivity index (χ1n) is 7.93. The van der Waals surface area contributed by atoms with Gasteiger partial charge < -0.3 is 15.0 Å². The van der Waals surface area contributed by atoms with E-state index in [1.807, 2.05) is 0 Å². The maximum absolute atomic E-state index is 5.90. The standard InChI is InChI=1S/C15H30N2O/c1-2-12-18-15-4-3-10-17(13-15)11-7-14-5-8-16-9-6-14/h14-16H,2-13H2,1H3. The van der Waals surface area contributed by atoms with Crippen molar-refractivity contribution in [2.75, 3.05) is 39.3 Å². The van der Waals surface area contributed by atoms with Crippen LogP contribution in [0.2, 0.25) is 0 Å². The van der Waals surface area contributed by atoms with E-state index in [9.17, 15) is 0 Å². The molecule has 1 N–H and O–H groups in total. The van der Waals surface area contributed by atoms with E-state index in [-0.39, 0.29) is 0 Å². The molecule has 0 aromatic carbocycles. The fourth-order valence-corrected chi connectivity index (χ4v) is 3.17. The van der Waals surface area contributed by atoms with Gasteiger partial charge in [0.15, 0.2) is 0 Å². The Kier molecular flexibility index (Phi) is 6.46. The minimum atomic E-state index is 0.506. The van der Waals surface area contributed by atoms with Crippen LogP contribution >= 0.6 is 0 Å². The smallest absolute Gasteiger partial charge is 0.0702 e. The van der Waals surface area contributed by atoms with Crippen molar-refractivity contribution in [3.05, 3.63) is 0 Å². The van der Waals surface area contributed by atoms with Crippen molar-refractivity contribution in [1.29, 1.82) is 0 Å². The second-order valence-electron chi connectivity index (χ2n) is 5.92. The lowest BCUT2D eigenvalue weighted by atomic mass is 9.94. The molecule has 2 saturated heterocycles. The molecule has 3 nitrogen and oxygen atoms in total. The van der Waals surface area contributed by atoms with Crippen molar-refractivity contribution in [3.8, 4) is 0 Å². The third-order valence-corrected chi connectivity index (χ3v) is 4.33. The molecular formula is C15H30N2O. The average molecular weight is 254 g/mol. The molecule has 0 aromatic heterocycles. The summed E-state index contributed by atoms with van der Waals surface area (Å²) in [7, 11) is 0. The van der Waals surface area contributed by atoms with Crippen LogP contribution in [0.3, 0.4) is 0 Å². The van der Waals surface area contributed by atoms with Gasteiger partial charge in [-0.2, -0.15) is 0 Å². The van der Waals surface area contributed by atoms with Gasteiger partial charge in [0.2, 0.25) is 0 Å². The Balaban J connectivity index is 1.62. The molecule has 1 atom stereocenters. The van der Waals surface area contributed by atoms with E-state index >= 15 is 0 Å². The molecule has 0 spiro atoms. The van der Waals surface area contributed by atoms with E-state index in [0.717, 1.165) is 18.9 Å². The molecule has 2 aliphatic heterocycles. The fraction of sp³-hybridized carbons (Fsp3) is 1.00. The van der Waals surface area contributed by atoms with Crippen LogP contribution in [0.25, 0.3) is 0 Å². The molecule has 0 saturated carbocycles. The first-order valence-corrected chi connectivity index (χ1v) is 7.93. The number of nitrogens with zero attached hydrogens (tertiary/aromatic N) is 1. The molecule has 0 aliphatic carbocycles. The highest BCUT2D eigenvalue weighted by Gasteiger charge is 2.21. The quantitative estimate of drug-likeness (QED) is 0.787. The Morgan fingerprint density at radius 3 is 2.83 bits per heavy atom. The van der Waals surface area contributed by atoms with E-state index in [1.54, 1.807) is 0 Å². The van der Waals surface area contributed by atoms with Crippen molar-refractivity contribution in [2.45, 2.75) is 51.6 Å². The number of nitrogens with one attached hydrogen (secondary N) is 1. The molecule has 2 aliphatic rings. The molecular weight excluding hydrogens is 224 g/mol. The molecule has 2 heterocycles. The topological polar surface area (TPSA) is 24.5 Å². The molecule has 3 heteroatoms. The molecule has 1 unspecified atom stereocenters. The van der Waals surface area contributed by atoms with Crippen LogP contribution in [0.15, 0.2) is 0 Å². The fourth-order valence-electron chi connectivity index (χ4n) is 3.17. The minimum absolute atomic E-state index is 0.506. The highest BCUT2D eigenvalue weighted by atomic mass is 16.5. The second kappa shape index (κ2) is 8.13. The number of rotatable bonds is 6. The maximum Gasteiger partial charge on any atom is 0.0702 e. The third kappa shape index (κ3) is 4.87. The molecule has 0 amide bonds. The van der Waals surface area contributed by atoms with Crippen molar-refractivity contribution < 1.29 is 4.74 Å². The van der Waals surface area contributed by atoms with Crippen LogP contribution in [0, 0.1) is 5.92 Å². The molecule has 18 heavy (non-hydrogen) atoms. The van der Waals surface area contributed by atoms with Gasteiger partial charge in [0.25, 0.3) is 0 Å². The molecule has 2 fully saturated rings. The lowest BCUT2D eigenvalue weighted by Gasteiger charge is -2.34. The van der Waals surface area contributed by atoms with Crippen LogP contribution in [-0.2, 0) is 4.74 Å². The second-order valence-corrected chi connectivity index (χ2v) is 5.92. The lowest BCUT2D eigenvalue weighted by Crippen LogP contribution is -2.41. The maximum atomic E-state index is 5.90. The normalized spacial score (nSPS) is 27.5. The van der Waals surface area contributed by atoms with Crippen LogP contribution in [0.1, 0.15) is 45.4 Å². The lowest BCUT2D eigenvalue weighted by molar-refractivity contribution is -0.00153. The summed E-state index contributed by atoms with van der Waals surface area (Å²) in [6.07, 6.45) is 8.39. The minimum Gasteiger partial charge on any atom is -0.377 e. The predicted molar refractivity (Wildman–Crippen MR) is 75.9 cm³/mol. The SMILES string of the molecule is CCCOC1CCCN(CCC2CCNCC2)C1. The first-order chi connectivity index (χ1) is 8.88. The zero-order valence-electron chi connectivity index (χ0n) is 12.0. The number of hydrogen-bond donors (Lipinski definition) is 1. The molecule has 0 aromatic rings. The summed E-state index contributed by atoms with van der Waals surface area (Å²) in [6, 6.07) is 0. The van der Waals surface area contributed by atoms with Gasteiger partial charge in [0.05, 0.1) is 6.10 Å². The van der Waals surface area contributed by atoms with Crippen LogP contribution < -0.4 is 5.32 Å². The summed E-state index contributed by atoms with van der Waals surface area (Å²) < 4.78 is 5.90. The van der Waals surface area contributed by atoms with Gasteiger partial charge in [-0.15, -0.1) is 0 Å². The van der Waals surface area contributed by atoms with E-state index in [1.165, 1.54) is 64.8 Å². The summed E-state index contributed by atoms with van der Waals surface area (Å²) in [5.41, 5.74) is 0. The van der Waals surface area contributed by atoms with E-state index in [4.69, 9.17) is 4.74 Å². The Hall–Kier alpha value is -0.120. The number of hydrogen-bond acceptors (Lipinski definition) is 3. The Morgan fingerprint density at radius 2 is 2.06 bits per heavy atom. The largest absolute Gasteiger partial charge is 0.377 e. The molecule has 2 rings (SSSR count). The Bertz CT molecular complexity index is 217. The van der Waals surface area contributed by atoms with Gasteiger partial charge in [-0.1, -0.05) is 6.92 Å². The van der Waals surface area contributed by atoms with E-state index in [2.05, 4.69) is 17.1 Å². The van der Waals surface area contributed by atoms with Gasteiger partial charge in [-0.3, -0.25) is 0 Å². The highest BCUT2D eigenvalue weighted by Crippen LogP contribution is 2.19. The van der Waals surface area contributed by atoms with Crippen molar-refractivity contribution >= 4 is 0 Å². The van der Waals surface area contributed by atoms with E-state index in [0.29, 0.717) is 6.10 Å². The summed E-state index contributed by atoms with van der Waals surface area (Å²) >= 11 is 0. The zero-order chi connectivity index (χ0) is 12.6. The van der Waals surface area contributed by atoms with Crippen molar-refractivity contribution in [3.63, 3.8) is 0 Å². The molecule has 0 bridgehead atoms. The van der Waals surface area contributed by atoms with Gasteiger partial charge >= 0.3 is 0 Å². The number of likely N-dealkylation sites (tertiary alicyclic amines) is 1. The van der Waals surface area contributed by atoms with Gasteiger partial charge in [-0.25, -0.2) is 0 Å². The van der Waals surface area contributed by atoms with Crippen LogP contribution in [0.5, 0.6) is 0 Å². The van der Waals surface area contributed by atoms with Crippen LogP contribution in [0.4, 0.5) is 0 Å². The van der Waals surface area contributed by atoms with Gasteiger partial charge in [0.1, 0.15) is 0 Å². The summed E-state index contributed by atoms with van der Waals surface area (Å²) in [5, 5.41) is 3.45. The predicted octanol–water partition coefficient (Wildman–Crippen LogP) is 2.27. The summed E-state index contributed by atoms with van der Waals surface area (Å²) in [5.74, 6) is 0.961. The Labute approximate surface area is 112 Å². The highest BCUT2D eigenvalue weighted by molar-refractivity contribution is 4.76. The van der Waals surface area contributed by atoms with Crippen molar-refractivity contribution in [1.82, 2.24) is 10.2 Å². The molecule has 0 radical (unpaired) electrons. The van der Waals surface area contributed by atoms with E-state index < -0.39 is 0 Å². The van der Waals surface area contributed by atoms with Gasteiger partial charge in [0, 0.05) is 13.2 Å². The van der Waals surface area contributed by atoms with Crippen molar-refractivity contribution in [2.24, 2.45) is 5.92 Å². The monoisotopic (exact) mass is 254 g/mol. The summed E-state index contributed by atoms with van der Waals surface area (Å²) in [6.45, 7) is 9.34. The summed E-state index contributed by atoms with van der Waals surface area (Å²) in [4.78, 5) is 2.63. The Morgan fingerprint density at radius 1 is 1.22 bits per heavy atom. The average Bonchev–Trinajstić information content (AvgIpc) is 2.44. The molecule has 106 valence electrons. The number of piperidine rings is 2. The third-order valence-electron chi connectivity index (χ3n) is 4.33. The zero-order valence-corrected chi connectivity index (χ0v) is 12.0. The van der Waals surface area contributed by atoms with Gasteiger partial charge in [-0.05, 0) is 70.6 Å². The number of ether oxygens (including phenoxy) is 1.